The lowest BCUT2D eigenvalue weighted by Gasteiger charge is -2.15. The van der Waals surface area contributed by atoms with Gasteiger partial charge < -0.3 is 15.2 Å². The standard InChI is InChI=1S/C15H25N3O3/c1-3-5-12(6-7-15(19)20)8-9-16-13-10-14(21-4-2)18-11-17-13/h10-12H,3-9H2,1-2H3,(H,19,20)(H,16,17,18). The van der Waals surface area contributed by atoms with Gasteiger partial charge >= 0.3 is 5.97 Å². The molecule has 0 saturated heterocycles. The Bertz CT molecular complexity index is 426. The number of hydrogen-bond donors (Lipinski definition) is 2. The maximum absolute atomic E-state index is 10.7. The van der Waals surface area contributed by atoms with Gasteiger partial charge in [-0.2, -0.15) is 0 Å². The molecule has 1 aromatic rings. The van der Waals surface area contributed by atoms with Crippen molar-refractivity contribution in [2.45, 2.75) is 46.0 Å². The zero-order valence-electron chi connectivity index (χ0n) is 12.8. The van der Waals surface area contributed by atoms with E-state index in [2.05, 4.69) is 22.2 Å². The van der Waals surface area contributed by atoms with Crippen molar-refractivity contribution in [2.24, 2.45) is 5.92 Å². The van der Waals surface area contributed by atoms with Crippen LogP contribution in [0, 0.1) is 5.92 Å². The Hall–Kier alpha value is -1.85. The van der Waals surface area contributed by atoms with E-state index < -0.39 is 5.97 Å². The zero-order valence-corrected chi connectivity index (χ0v) is 12.8. The summed E-state index contributed by atoms with van der Waals surface area (Å²) in [5.41, 5.74) is 0. The summed E-state index contributed by atoms with van der Waals surface area (Å²) in [5.74, 6) is 1.01. The minimum absolute atomic E-state index is 0.243. The van der Waals surface area contributed by atoms with Crippen LogP contribution < -0.4 is 10.1 Å². The molecule has 6 heteroatoms. The minimum Gasteiger partial charge on any atom is -0.481 e. The molecule has 1 aromatic heterocycles. The molecule has 6 nitrogen and oxygen atoms in total. The van der Waals surface area contributed by atoms with Crippen LogP contribution in [-0.2, 0) is 4.79 Å². The lowest BCUT2D eigenvalue weighted by molar-refractivity contribution is -0.137. The fraction of sp³-hybridized carbons (Fsp3) is 0.667. The maximum Gasteiger partial charge on any atom is 0.303 e. The van der Waals surface area contributed by atoms with Gasteiger partial charge in [0.2, 0.25) is 5.88 Å². The number of aromatic nitrogens is 2. The summed E-state index contributed by atoms with van der Waals surface area (Å²) >= 11 is 0. The van der Waals surface area contributed by atoms with Gasteiger partial charge in [0.1, 0.15) is 12.1 Å². The number of hydrogen-bond acceptors (Lipinski definition) is 5. The number of nitrogens with zero attached hydrogens (tertiary/aromatic N) is 2. The Morgan fingerprint density at radius 3 is 2.81 bits per heavy atom. The molecular formula is C15H25N3O3. The second-order valence-corrected chi connectivity index (χ2v) is 4.98. The normalized spacial score (nSPS) is 11.9. The van der Waals surface area contributed by atoms with Crippen molar-refractivity contribution in [1.82, 2.24) is 9.97 Å². The van der Waals surface area contributed by atoms with Crippen LogP contribution in [0.2, 0.25) is 0 Å². The summed E-state index contributed by atoms with van der Waals surface area (Å²) in [5, 5.41) is 12.0. The number of aliphatic carboxylic acids is 1. The van der Waals surface area contributed by atoms with Gasteiger partial charge in [-0.1, -0.05) is 19.8 Å². The fourth-order valence-corrected chi connectivity index (χ4v) is 2.24. The highest BCUT2D eigenvalue weighted by atomic mass is 16.5. The molecule has 0 aliphatic heterocycles. The van der Waals surface area contributed by atoms with Gasteiger partial charge in [-0.25, -0.2) is 9.97 Å². The SMILES string of the molecule is CCCC(CCNc1cc(OCC)ncn1)CCC(=O)O. The van der Waals surface area contributed by atoms with E-state index in [1.807, 2.05) is 6.92 Å². The second-order valence-electron chi connectivity index (χ2n) is 4.98. The van der Waals surface area contributed by atoms with Gasteiger partial charge in [0.15, 0.2) is 0 Å². The number of carbonyl (C=O) groups is 1. The summed E-state index contributed by atoms with van der Waals surface area (Å²) < 4.78 is 5.32. The molecule has 0 aromatic carbocycles. The third-order valence-corrected chi connectivity index (χ3v) is 3.26. The summed E-state index contributed by atoms with van der Waals surface area (Å²) in [6.45, 7) is 5.38. The molecule has 118 valence electrons. The molecule has 0 amide bonds. The predicted molar refractivity (Wildman–Crippen MR) is 81.6 cm³/mol. The van der Waals surface area contributed by atoms with Crippen LogP contribution in [0.1, 0.15) is 46.0 Å². The summed E-state index contributed by atoms with van der Waals surface area (Å²) in [7, 11) is 0. The smallest absolute Gasteiger partial charge is 0.303 e. The third kappa shape index (κ3) is 7.48. The van der Waals surface area contributed by atoms with E-state index in [9.17, 15) is 4.79 Å². The lowest BCUT2D eigenvalue weighted by Crippen LogP contribution is -2.12. The molecule has 0 fully saturated rings. The van der Waals surface area contributed by atoms with Crippen LogP contribution in [-0.4, -0.2) is 34.2 Å². The molecule has 0 bridgehead atoms. The van der Waals surface area contributed by atoms with E-state index in [0.717, 1.165) is 38.0 Å². The Morgan fingerprint density at radius 2 is 2.14 bits per heavy atom. The number of rotatable bonds is 11. The molecule has 0 aliphatic carbocycles. The molecule has 1 heterocycles. The average molecular weight is 295 g/mol. The van der Waals surface area contributed by atoms with Gasteiger partial charge in [0.05, 0.1) is 6.61 Å². The van der Waals surface area contributed by atoms with Gasteiger partial charge in [0.25, 0.3) is 0 Å². The first-order valence-corrected chi connectivity index (χ1v) is 7.56. The molecule has 2 N–H and O–H groups in total. The van der Waals surface area contributed by atoms with Crippen molar-refractivity contribution in [3.63, 3.8) is 0 Å². The monoisotopic (exact) mass is 295 g/mol. The molecule has 1 unspecified atom stereocenters. The number of nitrogens with one attached hydrogen (secondary N) is 1. The number of carboxylic acid groups (broad SMARTS) is 1. The van der Waals surface area contributed by atoms with Crippen molar-refractivity contribution in [2.75, 3.05) is 18.5 Å². The lowest BCUT2D eigenvalue weighted by atomic mass is 9.94. The highest BCUT2D eigenvalue weighted by molar-refractivity contribution is 5.66. The number of ether oxygens (including phenoxy) is 1. The van der Waals surface area contributed by atoms with Crippen molar-refractivity contribution < 1.29 is 14.6 Å². The third-order valence-electron chi connectivity index (χ3n) is 3.26. The van der Waals surface area contributed by atoms with Crippen LogP contribution in [0.5, 0.6) is 5.88 Å². The van der Waals surface area contributed by atoms with Gasteiger partial charge in [-0.15, -0.1) is 0 Å². The summed E-state index contributed by atoms with van der Waals surface area (Å²) in [4.78, 5) is 18.8. The molecule has 0 spiro atoms. The predicted octanol–water partition coefficient (Wildman–Crippen LogP) is 2.96. The first-order valence-electron chi connectivity index (χ1n) is 7.56. The summed E-state index contributed by atoms with van der Waals surface area (Å²) in [6, 6.07) is 1.77. The van der Waals surface area contributed by atoms with Gasteiger partial charge in [-0.3, -0.25) is 4.79 Å². The van der Waals surface area contributed by atoms with E-state index in [-0.39, 0.29) is 6.42 Å². The quantitative estimate of drug-likeness (QED) is 0.653. The Labute approximate surface area is 126 Å². The van der Waals surface area contributed by atoms with Crippen LogP contribution >= 0.6 is 0 Å². The van der Waals surface area contributed by atoms with Crippen LogP contribution in [0.15, 0.2) is 12.4 Å². The topological polar surface area (TPSA) is 84.3 Å². The Balaban J connectivity index is 2.38. The van der Waals surface area contributed by atoms with Crippen LogP contribution in [0.25, 0.3) is 0 Å². The van der Waals surface area contributed by atoms with Crippen molar-refractivity contribution >= 4 is 11.8 Å². The van der Waals surface area contributed by atoms with E-state index in [1.54, 1.807) is 6.07 Å². The Kier molecular flexibility index (Phi) is 8.16. The van der Waals surface area contributed by atoms with E-state index in [1.165, 1.54) is 6.33 Å². The van der Waals surface area contributed by atoms with Gasteiger partial charge in [-0.05, 0) is 25.7 Å². The largest absolute Gasteiger partial charge is 0.481 e. The molecule has 0 radical (unpaired) electrons. The molecule has 1 rings (SSSR count). The highest BCUT2D eigenvalue weighted by Crippen LogP contribution is 2.18. The van der Waals surface area contributed by atoms with Crippen LogP contribution in [0.3, 0.4) is 0 Å². The van der Waals surface area contributed by atoms with E-state index in [4.69, 9.17) is 9.84 Å². The first-order chi connectivity index (χ1) is 10.2. The molecule has 0 aliphatic rings. The van der Waals surface area contributed by atoms with Crippen molar-refractivity contribution in [1.29, 1.82) is 0 Å². The highest BCUT2D eigenvalue weighted by Gasteiger charge is 2.10. The summed E-state index contributed by atoms with van der Waals surface area (Å²) in [6.07, 6.45) is 5.52. The van der Waals surface area contributed by atoms with Gasteiger partial charge in [0, 0.05) is 19.0 Å². The van der Waals surface area contributed by atoms with E-state index >= 15 is 0 Å². The Morgan fingerprint density at radius 1 is 1.33 bits per heavy atom. The number of anilines is 1. The first kappa shape index (κ1) is 17.2. The zero-order chi connectivity index (χ0) is 15.5. The minimum atomic E-state index is -0.721. The van der Waals surface area contributed by atoms with Crippen LogP contribution in [0.4, 0.5) is 5.82 Å². The number of carboxylic acids is 1. The molecule has 1 atom stereocenters. The van der Waals surface area contributed by atoms with Crippen molar-refractivity contribution in [3.8, 4) is 5.88 Å². The van der Waals surface area contributed by atoms with E-state index in [0.29, 0.717) is 18.4 Å². The van der Waals surface area contributed by atoms with Crippen molar-refractivity contribution in [3.05, 3.63) is 12.4 Å². The molecule has 0 saturated carbocycles. The molecule has 21 heavy (non-hydrogen) atoms. The fourth-order valence-electron chi connectivity index (χ4n) is 2.24. The second kappa shape index (κ2) is 9.96. The average Bonchev–Trinajstić information content (AvgIpc) is 2.45. The maximum atomic E-state index is 10.7. The molecular weight excluding hydrogens is 270 g/mol.